The molecule has 10 heteroatoms. The summed E-state index contributed by atoms with van der Waals surface area (Å²) in [7, 11) is 1.52. The van der Waals surface area contributed by atoms with E-state index in [1.807, 2.05) is 43.3 Å². The van der Waals surface area contributed by atoms with Crippen molar-refractivity contribution in [1.29, 1.82) is 0 Å². The molecule has 0 unspecified atom stereocenters. The number of benzene rings is 2. The second-order valence-electron chi connectivity index (χ2n) is 13.1. The molecule has 0 aromatic heterocycles. The van der Waals surface area contributed by atoms with Crippen molar-refractivity contribution < 1.29 is 39.5 Å². The van der Waals surface area contributed by atoms with E-state index < -0.39 is 54.0 Å². The van der Waals surface area contributed by atoms with Crippen molar-refractivity contribution in [2.75, 3.05) is 13.7 Å². The van der Waals surface area contributed by atoms with Gasteiger partial charge in [0, 0.05) is 5.56 Å². The van der Waals surface area contributed by atoms with Crippen LogP contribution in [0.2, 0.25) is 0 Å². The SMILES string of the molecule is COc1cc(C(C)C)c(Cc2ccc(/C=C/C(C)(C)C(=O)NC(C)(C)C(N)=O)cc2C)cc1[C@@H]1O[C@H](CO)[C@@H](O)[C@H](O)[C@H]1O. The maximum absolute atomic E-state index is 12.9. The summed E-state index contributed by atoms with van der Waals surface area (Å²) in [6.07, 6.45) is -2.22. The van der Waals surface area contributed by atoms with Gasteiger partial charge in [0.2, 0.25) is 11.8 Å². The van der Waals surface area contributed by atoms with Gasteiger partial charge in [-0.25, -0.2) is 0 Å². The van der Waals surface area contributed by atoms with E-state index in [4.69, 9.17) is 15.2 Å². The van der Waals surface area contributed by atoms with Crippen molar-refractivity contribution in [2.24, 2.45) is 11.1 Å². The van der Waals surface area contributed by atoms with Crippen molar-refractivity contribution in [3.8, 4) is 5.75 Å². The molecule has 0 spiro atoms. The van der Waals surface area contributed by atoms with E-state index >= 15 is 0 Å². The molecule has 0 saturated carbocycles. The summed E-state index contributed by atoms with van der Waals surface area (Å²) in [5.74, 6) is -0.306. The van der Waals surface area contributed by atoms with Gasteiger partial charge in [0.15, 0.2) is 0 Å². The molecule has 7 N–H and O–H groups in total. The highest BCUT2D eigenvalue weighted by atomic mass is 16.5. The Hall–Kier alpha value is -3.28. The van der Waals surface area contributed by atoms with Crippen LogP contribution in [0, 0.1) is 12.3 Å². The number of aliphatic hydroxyl groups is 4. The molecule has 1 heterocycles. The number of nitrogens with two attached hydrogens (primary N) is 1. The summed E-state index contributed by atoms with van der Waals surface area (Å²) < 4.78 is 11.5. The maximum atomic E-state index is 12.9. The first-order valence-corrected chi connectivity index (χ1v) is 14.9. The first-order chi connectivity index (χ1) is 20.4. The second kappa shape index (κ2) is 13.8. The number of aliphatic hydroxyl groups excluding tert-OH is 4. The Labute approximate surface area is 259 Å². The molecule has 2 aromatic rings. The largest absolute Gasteiger partial charge is 0.496 e. The quantitative estimate of drug-likeness (QED) is 0.225. The van der Waals surface area contributed by atoms with E-state index in [-0.39, 0.29) is 11.8 Å². The Morgan fingerprint density at radius 3 is 2.25 bits per heavy atom. The number of nitrogens with one attached hydrogen (secondary N) is 1. The maximum Gasteiger partial charge on any atom is 0.242 e. The van der Waals surface area contributed by atoms with Gasteiger partial charge in [-0.2, -0.15) is 0 Å². The fraction of sp³-hybridized carbons (Fsp3) is 0.529. The zero-order chi connectivity index (χ0) is 33.1. The summed E-state index contributed by atoms with van der Waals surface area (Å²) in [6, 6.07) is 9.85. The Morgan fingerprint density at radius 2 is 1.70 bits per heavy atom. The van der Waals surface area contributed by atoms with Gasteiger partial charge in [-0.3, -0.25) is 9.59 Å². The Kier molecular flexibility index (Phi) is 11.0. The lowest BCUT2D eigenvalue weighted by Gasteiger charge is -2.40. The van der Waals surface area contributed by atoms with Crippen LogP contribution in [-0.2, 0) is 20.7 Å². The number of rotatable bonds is 11. The van der Waals surface area contributed by atoms with Crippen molar-refractivity contribution in [1.82, 2.24) is 5.32 Å². The topological polar surface area (TPSA) is 172 Å². The first kappa shape index (κ1) is 35.2. The summed E-state index contributed by atoms with van der Waals surface area (Å²) in [5.41, 5.74) is 8.89. The average molecular weight is 613 g/mol. The molecule has 0 aliphatic carbocycles. The van der Waals surface area contributed by atoms with Crippen LogP contribution in [0.5, 0.6) is 5.75 Å². The molecule has 0 radical (unpaired) electrons. The highest BCUT2D eigenvalue weighted by Crippen LogP contribution is 2.40. The molecule has 5 atom stereocenters. The predicted octanol–water partition coefficient (Wildman–Crippen LogP) is 2.65. The normalized spacial score (nSPS) is 22.8. The minimum absolute atomic E-state index is 0.151. The van der Waals surface area contributed by atoms with E-state index in [2.05, 4.69) is 19.2 Å². The van der Waals surface area contributed by atoms with Crippen LogP contribution in [0.3, 0.4) is 0 Å². The van der Waals surface area contributed by atoms with E-state index in [0.29, 0.717) is 17.7 Å². The van der Waals surface area contributed by atoms with Crippen LogP contribution >= 0.6 is 0 Å². The molecule has 0 bridgehead atoms. The fourth-order valence-electron chi connectivity index (χ4n) is 5.22. The van der Waals surface area contributed by atoms with Crippen molar-refractivity contribution in [2.45, 2.75) is 96.9 Å². The average Bonchev–Trinajstić information content (AvgIpc) is 2.95. The second-order valence-corrected chi connectivity index (χ2v) is 13.1. The van der Waals surface area contributed by atoms with Gasteiger partial charge < -0.3 is 41.0 Å². The van der Waals surface area contributed by atoms with Gasteiger partial charge in [0.1, 0.15) is 41.8 Å². The zero-order valence-corrected chi connectivity index (χ0v) is 26.9. The molecule has 1 aliphatic rings. The molecule has 1 aliphatic heterocycles. The third kappa shape index (κ3) is 7.68. The number of ether oxygens (including phenoxy) is 2. The first-order valence-electron chi connectivity index (χ1n) is 14.9. The van der Waals surface area contributed by atoms with Crippen molar-refractivity contribution in [3.63, 3.8) is 0 Å². The Balaban J connectivity index is 1.92. The number of hydrogen-bond donors (Lipinski definition) is 6. The van der Waals surface area contributed by atoms with E-state index in [0.717, 1.165) is 27.8 Å². The van der Waals surface area contributed by atoms with Gasteiger partial charge >= 0.3 is 0 Å². The molecular weight excluding hydrogens is 564 g/mol. The minimum atomic E-state index is -1.50. The number of methoxy groups -OCH3 is 1. The van der Waals surface area contributed by atoms with Crippen LogP contribution in [0.4, 0.5) is 0 Å². The summed E-state index contributed by atoms with van der Waals surface area (Å²) >= 11 is 0. The van der Waals surface area contributed by atoms with Crippen LogP contribution in [-0.4, -0.2) is 75.9 Å². The lowest BCUT2D eigenvalue weighted by Crippen LogP contribution is -2.55. The number of carbonyl (C=O) groups is 2. The van der Waals surface area contributed by atoms with Crippen LogP contribution in [0.1, 0.15) is 86.9 Å². The summed E-state index contributed by atoms with van der Waals surface area (Å²) in [6.45, 7) is 12.3. The predicted molar refractivity (Wildman–Crippen MR) is 168 cm³/mol. The van der Waals surface area contributed by atoms with Crippen LogP contribution in [0.25, 0.3) is 6.08 Å². The zero-order valence-electron chi connectivity index (χ0n) is 26.9. The van der Waals surface area contributed by atoms with Gasteiger partial charge in [0.05, 0.1) is 19.1 Å². The molecule has 1 fully saturated rings. The van der Waals surface area contributed by atoms with E-state index in [9.17, 15) is 30.0 Å². The molecule has 10 nitrogen and oxygen atoms in total. The van der Waals surface area contributed by atoms with E-state index in [1.165, 1.54) is 7.11 Å². The number of primary amides is 1. The van der Waals surface area contributed by atoms with Crippen molar-refractivity contribution in [3.05, 3.63) is 69.8 Å². The standard InChI is InChI=1S/C34H48N2O8/c1-18(2)23-16-25(43-8)24(30-29(40)28(39)27(38)26(17-37)44-30)15-22(23)14-21-10-9-20(13-19(21)3)11-12-33(4,5)32(42)36-34(6,7)31(35)41/h9-13,15-16,18,26-30,37-40H,14,17H2,1-8H3,(H2,35,41)(H,36,42)/b12-11+/t26-,27-,28+,29-,30+/m1/s1. The number of aryl methyl sites for hydroxylation is 1. The molecule has 242 valence electrons. The molecule has 2 amide bonds. The highest BCUT2D eigenvalue weighted by Gasteiger charge is 2.45. The molecule has 44 heavy (non-hydrogen) atoms. The van der Waals surface area contributed by atoms with Gasteiger partial charge in [-0.05, 0) is 86.9 Å². The smallest absolute Gasteiger partial charge is 0.242 e. The van der Waals surface area contributed by atoms with Gasteiger partial charge in [0.25, 0.3) is 0 Å². The van der Waals surface area contributed by atoms with E-state index in [1.54, 1.807) is 33.8 Å². The molecule has 2 aromatic carbocycles. The number of hydrogen-bond acceptors (Lipinski definition) is 8. The van der Waals surface area contributed by atoms with Crippen molar-refractivity contribution >= 4 is 17.9 Å². The van der Waals surface area contributed by atoms with Gasteiger partial charge in [-0.15, -0.1) is 0 Å². The lowest BCUT2D eigenvalue weighted by atomic mass is 9.85. The van der Waals surface area contributed by atoms with Crippen LogP contribution in [0.15, 0.2) is 36.4 Å². The molecule has 1 saturated heterocycles. The molecular formula is C34H48N2O8. The van der Waals surface area contributed by atoms with Gasteiger partial charge in [-0.1, -0.05) is 44.2 Å². The highest BCUT2D eigenvalue weighted by molar-refractivity contribution is 5.92. The minimum Gasteiger partial charge on any atom is -0.496 e. The number of amides is 2. The Bertz CT molecular complexity index is 1380. The number of carbonyl (C=O) groups excluding carboxylic acids is 2. The summed E-state index contributed by atoms with van der Waals surface area (Å²) in [5, 5.41) is 43.9. The Morgan fingerprint density at radius 1 is 1.05 bits per heavy atom. The third-order valence-corrected chi connectivity index (χ3v) is 8.38. The molecule has 3 rings (SSSR count). The van der Waals surface area contributed by atoms with Crippen LogP contribution < -0.4 is 15.8 Å². The lowest BCUT2D eigenvalue weighted by molar-refractivity contribution is -0.232. The third-order valence-electron chi connectivity index (χ3n) is 8.38. The monoisotopic (exact) mass is 612 g/mol. The summed E-state index contributed by atoms with van der Waals surface area (Å²) in [4.78, 5) is 24.5. The fourth-order valence-corrected chi connectivity index (χ4v) is 5.22.